The summed E-state index contributed by atoms with van der Waals surface area (Å²) >= 11 is 0. The summed E-state index contributed by atoms with van der Waals surface area (Å²) < 4.78 is 0. The van der Waals surface area contributed by atoms with Crippen molar-refractivity contribution in [2.45, 2.75) is 13.3 Å². The van der Waals surface area contributed by atoms with Gasteiger partial charge in [0.25, 0.3) is 11.8 Å². The lowest BCUT2D eigenvalue weighted by molar-refractivity contribution is 0.0954. The Labute approximate surface area is 164 Å². The van der Waals surface area contributed by atoms with Crippen LogP contribution in [0.5, 0.6) is 0 Å². The number of anilines is 1. The zero-order valence-corrected chi connectivity index (χ0v) is 15.6. The van der Waals surface area contributed by atoms with Crippen molar-refractivity contribution in [3.8, 4) is 0 Å². The lowest BCUT2D eigenvalue weighted by atomic mass is 10.1. The summed E-state index contributed by atoms with van der Waals surface area (Å²) in [6.07, 6.45) is 2.30. The molecule has 0 heterocycles. The molecule has 0 aromatic heterocycles. The number of aryl methyl sites for hydroxylation is 1. The summed E-state index contributed by atoms with van der Waals surface area (Å²) in [7, 11) is 0. The van der Waals surface area contributed by atoms with E-state index in [-0.39, 0.29) is 11.8 Å². The van der Waals surface area contributed by atoms with Crippen LogP contribution < -0.4 is 10.7 Å². The fourth-order valence-corrected chi connectivity index (χ4v) is 2.66. The van der Waals surface area contributed by atoms with Crippen molar-refractivity contribution in [1.29, 1.82) is 0 Å². The van der Waals surface area contributed by atoms with Gasteiger partial charge in [0.15, 0.2) is 0 Å². The number of hydrazone groups is 1. The first-order valence-corrected chi connectivity index (χ1v) is 8.96. The molecule has 0 unspecified atom stereocenters. The molecule has 0 bridgehead atoms. The molecule has 0 aliphatic rings. The lowest BCUT2D eigenvalue weighted by Gasteiger charge is -2.08. The van der Waals surface area contributed by atoms with Gasteiger partial charge in [-0.3, -0.25) is 9.59 Å². The Bertz CT molecular complexity index is 980. The number of carbonyl (C=O) groups excluding carboxylic acids is 2. The number of hydrogen-bond donors (Lipinski definition) is 2. The van der Waals surface area contributed by atoms with E-state index in [0.717, 1.165) is 11.1 Å². The van der Waals surface area contributed by atoms with E-state index < -0.39 is 0 Å². The first-order valence-electron chi connectivity index (χ1n) is 8.96. The summed E-state index contributed by atoms with van der Waals surface area (Å²) in [5.41, 5.74) is 6.24. The summed E-state index contributed by atoms with van der Waals surface area (Å²) in [5, 5.41) is 6.80. The molecule has 0 atom stereocenters. The van der Waals surface area contributed by atoms with E-state index in [0.29, 0.717) is 23.2 Å². The van der Waals surface area contributed by atoms with E-state index in [2.05, 4.69) is 15.8 Å². The monoisotopic (exact) mass is 371 g/mol. The van der Waals surface area contributed by atoms with Crippen LogP contribution in [-0.2, 0) is 6.42 Å². The first kappa shape index (κ1) is 19.0. The van der Waals surface area contributed by atoms with Crippen LogP contribution in [-0.4, -0.2) is 18.0 Å². The molecule has 0 spiro atoms. The smallest absolute Gasteiger partial charge is 0.271 e. The molecule has 0 saturated carbocycles. The van der Waals surface area contributed by atoms with E-state index in [1.807, 2.05) is 55.5 Å². The molecule has 28 heavy (non-hydrogen) atoms. The van der Waals surface area contributed by atoms with Crippen LogP contribution in [0.2, 0.25) is 0 Å². The van der Waals surface area contributed by atoms with Gasteiger partial charge in [-0.05, 0) is 48.4 Å². The van der Waals surface area contributed by atoms with Gasteiger partial charge in [0.2, 0.25) is 0 Å². The van der Waals surface area contributed by atoms with Crippen LogP contribution in [0.3, 0.4) is 0 Å². The first-order chi connectivity index (χ1) is 13.6. The topological polar surface area (TPSA) is 70.6 Å². The minimum Gasteiger partial charge on any atom is -0.322 e. The van der Waals surface area contributed by atoms with Crippen molar-refractivity contribution < 1.29 is 9.59 Å². The normalized spacial score (nSPS) is 10.6. The molecule has 3 rings (SSSR count). The van der Waals surface area contributed by atoms with Crippen LogP contribution >= 0.6 is 0 Å². The molecule has 2 amide bonds. The zero-order valence-electron chi connectivity index (χ0n) is 15.6. The fourth-order valence-electron chi connectivity index (χ4n) is 2.66. The molecule has 0 fully saturated rings. The average Bonchev–Trinajstić information content (AvgIpc) is 2.72. The van der Waals surface area contributed by atoms with Gasteiger partial charge in [0, 0.05) is 29.4 Å². The predicted octanol–water partition coefficient (Wildman–Crippen LogP) is 4.21. The number of nitrogens with one attached hydrogen (secondary N) is 2. The third kappa shape index (κ3) is 5.14. The lowest BCUT2D eigenvalue weighted by Crippen LogP contribution is -2.18. The molecule has 0 aliphatic heterocycles. The molecular formula is C23H21N3O2. The Balaban J connectivity index is 1.54. The van der Waals surface area contributed by atoms with Gasteiger partial charge in [0.05, 0.1) is 0 Å². The van der Waals surface area contributed by atoms with Crippen molar-refractivity contribution in [2.24, 2.45) is 5.10 Å². The number of amides is 2. The molecular weight excluding hydrogens is 350 g/mol. The molecule has 5 nitrogen and oxygen atoms in total. The number of rotatable bonds is 6. The largest absolute Gasteiger partial charge is 0.322 e. The number of benzene rings is 3. The highest BCUT2D eigenvalue weighted by atomic mass is 16.2. The van der Waals surface area contributed by atoms with Crippen LogP contribution in [0.1, 0.15) is 31.8 Å². The standard InChI is InChI=1S/C23H21N3O2/c1-17-7-5-6-10-21(17)23(28)25-20-13-11-19(12-14-20)22(27)26-24-16-15-18-8-3-2-4-9-18/h2-14,16H,15H2,1H3,(H,25,28)(H,26,27). The summed E-state index contributed by atoms with van der Waals surface area (Å²) in [6.45, 7) is 1.89. The second-order valence-corrected chi connectivity index (χ2v) is 6.29. The fraction of sp³-hybridized carbons (Fsp3) is 0.0870. The summed E-state index contributed by atoms with van der Waals surface area (Å²) in [6, 6.07) is 23.9. The Morgan fingerprint density at radius 3 is 2.25 bits per heavy atom. The molecule has 3 aromatic carbocycles. The molecule has 5 heteroatoms. The van der Waals surface area contributed by atoms with Crippen LogP contribution in [0.25, 0.3) is 0 Å². The van der Waals surface area contributed by atoms with Crippen LogP contribution in [0.4, 0.5) is 5.69 Å². The Morgan fingerprint density at radius 1 is 0.857 bits per heavy atom. The van der Waals surface area contributed by atoms with E-state index in [1.165, 1.54) is 0 Å². The van der Waals surface area contributed by atoms with Gasteiger partial charge < -0.3 is 5.32 Å². The second-order valence-electron chi connectivity index (χ2n) is 6.29. The number of hydrogen-bond acceptors (Lipinski definition) is 3. The number of nitrogens with zero attached hydrogens (tertiary/aromatic N) is 1. The molecule has 140 valence electrons. The maximum Gasteiger partial charge on any atom is 0.271 e. The Hall–Kier alpha value is -3.73. The molecule has 0 saturated heterocycles. The van der Waals surface area contributed by atoms with E-state index in [4.69, 9.17) is 0 Å². The van der Waals surface area contributed by atoms with Gasteiger partial charge in [0.1, 0.15) is 0 Å². The van der Waals surface area contributed by atoms with Crippen LogP contribution in [0, 0.1) is 6.92 Å². The van der Waals surface area contributed by atoms with E-state index in [9.17, 15) is 9.59 Å². The highest BCUT2D eigenvalue weighted by molar-refractivity contribution is 6.05. The average molecular weight is 371 g/mol. The highest BCUT2D eigenvalue weighted by Crippen LogP contribution is 2.13. The number of carbonyl (C=O) groups is 2. The van der Waals surface area contributed by atoms with E-state index >= 15 is 0 Å². The van der Waals surface area contributed by atoms with Gasteiger partial charge >= 0.3 is 0 Å². The van der Waals surface area contributed by atoms with Crippen molar-refractivity contribution >= 4 is 23.7 Å². The third-order valence-corrected chi connectivity index (χ3v) is 4.22. The molecule has 0 aliphatic carbocycles. The maximum atomic E-state index is 12.3. The quantitative estimate of drug-likeness (QED) is 0.503. The predicted molar refractivity (Wildman–Crippen MR) is 112 cm³/mol. The van der Waals surface area contributed by atoms with Crippen molar-refractivity contribution in [3.05, 3.63) is 101 Å². The van der Waals surface area contributed by atoms with Gasteiger partial charge in [-0.25, -0.2) is 5.43 Å². The summed E-state index contributed by atoms with van der Waals surface area (Å²) in [4.78, 5) is 24.5. The van der Waals surface area contributed by atoms with Gasteiger partial charge in [-0.2, -0.15) is 5.10 Å². The minimum absolute atomic E-state index is 0.180. The maximum absolute atomic E-state index is 12.3. The van der Waals surface area contributed by atoms with Gasteiger partial charge in [-0.15, -0.1) is 0 Å². The molecule has 0 radical (unpaired) electrons. The Kier molecular flexibility index (Phi) is 6.31. The minimum atomic E-state index is -0.305. The molecule has 2 N–H and O–H groups in total. The second kappa shape index (κ2) is 9.28. The summed E-state index contributed by atoms with van der Waals surface area (Å²) in [5.74, 6) is -0.484. The van der Waals surface area contributed by atoms with Crippen molar-refractivity contribution in [1.82, 2.24) is 5.43 Å². The SMILES string of the molecule is Cc1ccccc1C(=O)Nc1ccc(C(=O)NN=CCc2ccccc2)cc1. The highest BCUT2D eigenvalue weighted by Gasteiger charge is 2.09. The van der Waals surface area contributed by atoms with Gasteiger partial charge in [-0.1, -0.05) is 48.5 Å². The van der Waals surface area contributed by atoms with Crippen molar-refractivity contribution in [2.75, 3.05) is 5.32 Å². The van der Waals surface area contributed by atoms with Crippen molar-refractivity contribution in [3.63, 3.8) is 0 Å². The molecule has 3 aromatic rings. The van der Waals surface area contributed by atoms with E-state index in [1.54, 1.807) is 36.5 Å². The Morgan fingerprint density at radius 2 is 1.54 bits per heavy atom. The van der Waals surface area contributed by atoms with Crippen LogP contribution in [0.15, 0.2) is 84.0 Å². The third-order valence-electron chi connectivity index (χ3n) is 4.22. The zero-order chi connectivity index (χ0) is 19.8.